The largest absolute Gasteiger partial charge is 0.454 e. The fourth-order valence-corrected chi connectivity index (χ4v) is 3.30. The van der Waals surface area contributed by atoms with Gasteiger partial charge in [0.05, 0.1) is 0 Å². The summed E-state index contributed by atoms with van der Waals surface area (Å²) in [5.74, 6) is 2.49. The zero-order chi connectivity index (χ0) is 17.9. The molecular weight excluding hydrogens is 332 g/mol. The van der Waals surface area contributed by atoms with Gasteiger partial charge in [0.25, 0.3) is 5.91 Å². The van der Waals surface area contributed by atoms with E-state index >= 15 is 0 Å². The normalized spacial score (nSPS) is 16.3. The maximum absolute atomic E-state index is 12.7. The van der Waals surface area contributed by atoms with Crippen molar-refractivity contribution in [1.29, 1.82) is 0 Å². The minimum Gasteiger partial charge on any atom is -0.454 e. The van der Waals surface area contributed by atoms with Crippen LogP contribution >= 0.6 is 0 Å². The maximum Gasteiger partial charge on any atom is 0.274 e. The van der Waals surface area contributed by atoms with Crippen molar-refractivity contribution in [2.24, 2.45) is 0 Å². The van der Waals surface area contributed by atoms with Crippen LogP contribution in [0.3, 0.4) is 0 Å². The number of carbonyl (C=O) groups is 1. The number of aryl methyl sites for hydroxylation is 1. The molecule has 2 aliphatic heterocycles. The van der Waals surface area contributed by atoms with Crippen LogP contribution in [0, 0.1) is 6.92 Å². The van der Waals surface area contributed by atoms with Crippen LogP contribution in [0.2, 0.25) is 0 Å². The molecule has 0 radical (unpaired) electrons. The first-order valence-electron chi connectivity index (χ1n) is 9.01. The van der Waals surface area contributed by atoms with E-state index in [1.165, 1.54) is 12.8 Å². The predicted octanol–water partition coefficient (Wildman–Crippen LogP) is 3.15. The van der Waals surface area contributed by atoms with E-state index in [2.05, 4.69) is 20.2 Å². The highest BCUT2D eigenvalue weighted by atomic mass is 16.7. The minimum absolute atomic E-state index is 0.205. The zero-order valence-corrected chi connectivity index (χ0v) is 14.8. The average molecular weight is 354 g/mol. The summed E-state index contributed by atoms with van der Waals surface area (Å²) in [4.78, 5) is 23.8. The molecule has 1 fully saturated rings. The Morgan fingerprint density at radius 2 is 1.81 bits per heavy atom. The summed E-state index contributed by atoms with van der Waals surface area (Å²) in [7, 11) is 0. The minimum atomic E-state index is -0.259. The van der Waals surface area contributed by atoms with Crippen molar-refractivity contribution in [2.75, 3.05) is 30.1 Å². The smallest absolute Gasteiger partial charge is 0.274 e. The van der Waals surface area contributed by atoms with Gasteiger partial charge in [-0.15, -0.1) is 0 Å². The van der Waals surface area contributed by atoms with Crippen molar-refractivity contribution in [1.82, 2.24) is 9.97 Å². The molecule has 1 aromatic carbocycles. The molecule has 0 spiro atoms. The monoisotopic (exact) mass is 354 g/mol. The lowest BCUT2D eigenvalue weighted by molar-refractivity contribution is 0.102. The first-order chi connectivity index (χ1) is 12.7. The summed E-state index contributed by atoms with van der Waals surface area (Å²) in [6.45, 7) is 3.97. The molecule has 0 bridgehead atoms. The van der Waals surface area contributed by atoms with Gasteiger partial charge in [-0.2, -0.15) is 0 Å². The van der Waals surface area contributed by atoms with Gasteiger partial charge in [0.15, 0.2) is 11.5 Å². The molecule has 0 saturated carbocycles. The van der Waals surface area contributed by atoms with E-state index in [-0.39, 0.29) is 12.7 Å². The first kappa shape index (κ1) is 16.6. The molecule has 0 atom stereocenters. The van der Waals surface area contributed by atoms with E-state index in [1.54, 1.807) is 24.3 Å². The lowest BCUT2D eigenvalue weighted by Crippen LogP contribution is -2.26. The Bertz CT molecular complexity index is 816. The predicted molar refractivity (Wildman–Crippen MR) is 98.0 cm³/mol. The standard InChI is InChI=1S/C19H22N4O3/c1-13-20-15(11-18(21-13)23-8-4-2-3-5-9-23)19(24)22-14-6-7-16-17(10-14)26-12-25-16/h6-7,10-11H,2-5,8-9,12H2,1H3,(H,22,24). The highest BCUT2D eigenvalue weighted by molar-refractivity contribution is 6.03. The Kier molecular flexibility index (Phi) is 4.60. The molecule has 2 aromatic rings. The van der Waals surface area contributed by atoms with Crippen LogP contribution in [-0.2, 0) is 0 Å². The second-order valence-corrected chi connectivity index (χ2v) is 6.58. The fraction of sp³-hybridized carbons (Fsp3) is 0.421. The molecule has 1 amide bonds. The quantitative estimate of drug-likeness (QED) is 0.912. The van der Waals surface area contributed by atoms with Gasteiger partial charge in [-0.3, -0.25) is 4.79 Å². The molecule has 1 saturated heterocycles. The molecule has 0 unspecified atom stereocenters. The number of benzene rings is 1. The molecule has 136 valence electrons. The lowest BCUT2D eigenvalue weighted by Gasteiger charge is -2.22. The molecule has 7 nitrogen and oxygen atoms in total. The van der Waals surface area contributed by atoms with Gasteiger partial charge < -0.3 is 19.7 Å². The topological polar surface area (TPSA) is 76.6 Å². The third-order valence-corrected chi connectivity index (χ3v) is 4.62. The number of hydrogen-bond acceptors (Lipinski definition) is 6. The molecule has 0 aliphatic carbocycles. The Morgan fingerprint density at radius 1 is 1.04 bits per heavy atom. The number of nitrogens with one attached hydrogen (secondary N) is 1. The maximum atomic E-state index is 12.7. The van der Waals surface area contributed by atoms with Gasteiger partial charge in [0.1, 0.15) is 17.3 Å². The average Bonchev–Trinajstić information content (AvgIpc) is 2.93. The van der Waals surface area contributed by atoms with Gasteiger partial charge in [-0.25, -0.2) is 9.97 Å². The Balaban J connectivity index is 1.53. The number of amides is 1. The molecule has 2 aliphatic rings. The molecule has 3 heterocycles. The Labute approximate surface area is 152 Å². The molecule has 4 rings (SSSR count). The van der Waals surface area contributed by atoms with Crippen LogP contribution < -0.4 is 19.7 Å². The summed E-state index contributed by atoms with van der Waals surface area (Å²) in [5.41, 5.74) is 1.02. The van der Waals surface area contributed by atoms with E-state index in [4.69, 9.17) is 9.47 Å². The Hall–Kier alpha value is -2.83. The zero-order valence-electron chi connectivity index (χ0n) is 14.8. The van der Waals surface area contributed by atoms with Crippen LogP contribution in [0.1, 0.15) is 42.0 Å². The van der Waals surface area contributed by atoms with Gasteiger partial charge in [0.2, 0.25) is 6.79 Å². The van der Waals surface area contributed by atoms with Crippen molar-refractivity contribution >= 4 is 17.4 Å². The van der Waals surface area contributed by atoms with Crippen molar-refractivity contribution in [2.45, 2.75) is 32.6 Å². The summed E-state index contributed by atoms with van der Waals surface area (Å²) in [6, 6.07) is 7.10. The van der Waals surface area contributed by atoms with Crippen molar-refractivity contribution in [3.8, 4) is 11.5 Å². The van der Waals surface area contributed by atoms with Crippen LogP contribution in [0.25, 0.3) is 0 Å². The van der Waals surface area contributed by atoms with Gasteiger partial charge in [0, 0.05) is 30.9 Å². The van der Waals surface area contributed by atoms with Crippen LogP contribution in [0.15, 0.2) is 24.3 Å². The van der Waals surface area contributed by atoms with E-state index in [0.717, 1.165) is 31.7 Å². The number of fused-ring (bicyclic) bond motifs is 1. The number of anilines is 2. The third kappa shape index (κ3) is 3.56. The Morgan fingerprint density at radius 3 is 2.62 bits per heavy atom. The van der Waals surface area contributed by atoms with Crippen LogP contribution in [0.5, 0.6) is 11.5 Å². The van der Waals surface area contributed by atoms with E-state index in [9.17, 15) is 4.79 Å². The number of rotatable bonds is 3. The molecule has 1 N–H and O–H groups in total. The third-order valence-electron chi connectivity index (χ3n) is 4.62. The van der Waals surface area contributed by atoms with E-state index < -0.39 is 0 Å². The number of aromatic nitrogens is 2. The summed E-state index contributed by atoms with van der Waals surface area (Å²) in [5, 5.41) is 2.87. The highest BCUT2D eigenvalue weighted by Gasteiger charge is 2.18. The highest BCUT2D eigenvalue weighted by Crippen LogP contribution is 2.34. The van der Waals surface area contributed by atoms with E-state index in [0.29, 0.717) is 28.7 Å². The SMILES string of the molecule is Cc1nc(C(=O)Nc2ccc3c(c2)OCO3)cc(N2CCCCCC2)n1. The van der Waals surface area contributed by atoms with Crippen LogP contribution in [-0.4, -0.2) is 35.8 Å². The van der Waals surface area contributed by atoms with Gasteiger partial charge in [-0.1, -0.05) is 12.8 Å². The molecule has 7 heteroatoms. The summed E-state index contributed by atoms with van der Waals surface area (Å²) in [6.07, 6.45) is 4.81. The fourth-order valence-electron chi connectivity index (χ4n) is 3.30. The molecule has 26 heavy (non-hydrogen) atoms. The number of carbonyl (C=O) groups excluding carboxylic acids is 1. The molecule has 1 aromatic heterocycles. The number of nitrogens with zero attached hydrogens (tertiary/aromatic N) is 3. The van der Waals surface area contributed by atoms with Gasteiger partial charge >= 0.3 is 0 Å². The summed E-state index contributed by atoms with van der Waals surface area (Å²) >= 11 is 0. The second-order valence-electron chi connectivity index (χ2n) is 6.58. The number of ether oxygens (including phenoxy) is 2. The van der Waals surface area contributed by atoms with Gasteiger partial charge in [-0.05, 0) is 31.9 Å². The van der Waals surface area contributed by atoms with Crippen molar-refractivity contribution in [3.63, 3.8) is 0 Å². The summed E-state index contributed by atoms with van der Waals surface area (Å²) < 4.78 is 10.6. The number of hydrogen-bond donors (Lipinski definition) is 1. The van der Waals surface area contributed by atoms with Crippen molar-refractivity contribution in [3.05, 3.63) is 35.8 Å². The molecular formula is C19H22N4O3. The van der Waals surface area contributed by atoms with E-state index in [1.807, 2.05) is 6.92 Å². The first-order valence-corrected chi connectivity index (χ1v) is 9.01. The second kappa shape index (κ2) is 7.19. The lowest BCUT2D eigenvalue weighted by atomic mass is 10.2. The van der Waals surface area contributed by atoms with Crippen molar-refractivity contribution < 1.29 is 14.3 Å². The van der Waals surface area contributed by atoms with Crippen LogP contribution in [0.4, 0.5) is 11.5 Å².